The van der Waals surface area contributed by atoms with Crippen LogP contribution in [0.3, 0.4) is 0 Å². The topological polar surface area (TPSA) is 52.6 Å². The highest BCUT2D eigenvalue weighted by atomic mass is 32.2. The summed E-state index contributed by atoms with van der Waals surface area (Å²) in [5.74, 6) is 0. The van der Waals surface area contributed by atoms with E-state index in [4.69, 9.17) is 12.2 Å². The largest absolute Gasteiger partial charge is 0.366 e. The molecule has 1 fully saturated rings. The Morgan fingerprint density at radius 3 is 1.96 bits per heavy atom. The standard InChI is InChI=1S/C16H25N3O2S2/c1-11-10-12(2)14(4)15(13(11)3)23(20,21)19-8-6-18(7-9-19)16(22)17-5/h10H,6-9H2,1-5H3,(H,17,22). The summed E-state index contributed by atoms with van der Waals surface area (Å²) in [5, 5.41) is 3.61. The molecule has 0 spiro atoms. The van der Waals surface area contributed by atoms with Gasteiger partial charge in [0.15, 0.2) is 5.11 Å². The minimum Gasteiger partial charge on any atom is -0.366 e. The lowest BCUT2D eigenvalue weighted by atomic mass is 10.0. The van der Waals surface area contributed by atoms with Crippen LogP contribution in [-0.4, -0.2) is 56.0 Å². The molecule has 2 rings (SSSR count). The Labute approximate surface area is 144 Å². The first-order chi connectivity index (χ1) is 10.7. The van der Waals surface area contributed by atoms with Crippen LogP contribution in [0.15, 0.2) is 11.0 Å². The highest BCUT2D eigenvalue weighted by Crippen LogP contribution is 2.29. The molecule has 1 aliphatic rings. The molecule has 1 N–H and O–H groups in total. The third kappa shape index (κ3) is 3.36. The number of rotatable bonds is 2. The van der Waals surface area contributed by atoms with Gasteiger partial charge in [0.25, 0.3) is 0 Å². The molecule has 1 aliphatic heterocycles. The first-order valence-corrected chi connectivity index (χ1v) is 9.59. The minimum atomic E-state index is -3.48. The van der Waals surface area contributed by atoms with Crippen molar-refractivity contribution in [2.45, 2.75) is 32.6 Å². The average Bonchev–Trinajstić information content (AvgIpc) is 2.52. The molecule has 7 heteroatoms. The summed E-state index contributed by atoms with van der Waals surface area (Å²) in [4.78, 5) is 2.47. The van der Waals surface area contributed by atoms with E-state index in [9.17, 15) is 8.42 Å². The molecule has 0 unspecified atom stereocenters. The normalized spacial score (nSPS) is 16.5. The Hall–Kier alpha value is -1.18. The van der Waals surface area contributed by atoms with Crippen LogP contribution in [0.4, 0.5) is 0 Å². The maximum Gasteiger partial charge on any atom is 0.243 e. The zero-order valence-corrected chi connectivity index (χ0v) is 16.1. The minimum absolute atomic E-state index is 0.454. The second-order valence-corrected chi connectivity index (χ2v) is 8.30. The summed E-state index contributed by atoms with van der Waals surface area (Å²) in [6.45, 7) is 9.84. The van der Waals surface area contributed by atoms with Crippen LogP contribution in [0, 0.1) is 27.7 Å². The lowest BCUT2D eigenvalue weighted by Crippen LogP contribution is -2.52. The summed E-state index contributed by atoms with van der Waals surface area (Å²) in [6, 6.07) is 2.05. The van der Waals surface area contributed by atoms with Crippen LogP contribution in [0.1, 0.15) is 22.3 Å². The molecule has 0 atom stereocenters. The van der Waals surface area contributed by atoms with Gasteiger partial charge in [-0.2, -0.15) is 4.31 Å². The predicted molar refractivity (Wildman–Crippen MR) is 97.4 cm³/mol. The highest BCUT2D eigenvalue weighted by molar-refractivity contribution is 7.89. The van der Waals surface area contributed by atoms with E-state index < -0.39 is 10.0 Å². The van der Waals surface area contributed by atoms with E-state index in [0.717, 1.165) is 22.3 Å². The first kappa shape index (κ1) is 18.2. The number of hydrogen-bond acceptors (Lipinski definition) is 3. The van der Waals surface area contributed by atoms with Gasteiger partial charge < -0.3 is 10.2 Å². The zero-order chi connectivity index (χ0) is 17.4. The van der Waals surface area contributed by atoms with Gasteiger partial charge in [-0.05, 0) is 62.2 Å². The van der Waals surface area contributed by atoms with E-state index in [2.05, 4.69) is 5.32 Å². The van der Waals surface area contributed by atoms with Crippen LogP contribution in [0.2, 0.25) is 0 Å². The fourth-order valence-corrected chi connectivity index (χ4v) is 5.17. The summed E-state index contributed by atoms with van der Waals surface area (Å²) >= 11 is 5.22. The second-order valence-electron chi connectivity index (χ2n) is 6.04. The molecule has 0 amide bonds. The molecule has 0 radical (unpaired) electrons. The molecule has 0 bridgehead atoms. The molecule has 1 aromatic rings. The van der Waals surface area contributed by atoms with Crippen LogP contribution in [-0.2, 0) is 10.0 Å². The molecule has 0 saturated carbocycles. The number of benzene rings is 1. The molecular formula is C16H25N3O2S2. The van der Waals surface area contributed by atoms with Crippen molar-refractivity contribution in [3.63, 3.8) is 0 Å². The lowest BCUT2D eigenvalue weighted by molar-refractivity contribution is 0.264. The third-order valence-corrected chi connectivity index (χ3v) is 7.27. The SMILES string of the molecule is CNC(=S)N1CCN(S(=O)(=O)c2c(C)c(C)cc(C)c2C)CC1. The summed E-state index contributed by atoms with van der Waals surface area (Å²) in [7, 11) is -1.70. The van der Waals surface area contributed by atoms with Crippen molar-refractivity contribution in [3.8, 4) is 0 Å². The predicted octanol–water partition coefficient (Wildman–Crippen LogP) is 1.73. The Morgan fingerprint density at radius 2 is 1.52 bits per heavy atom. The number of nitrogens with one attached hydrogen (secondary N) is 1. The molecule has 1 aromatic carbocycles. The zero-order valence-electron chi connectivity index (χ0n) is 14.4. The number of aryl methyl sites for hydroxylation is 2. The number of thiocarbonyl (C=S) groups is 1. The van der Waals surface area contributed by atoms with Gasteiger partial charge in [-0.3, -0.25) is 0 Å². The Balaban J connectivity index is 2.33. The molecule has 23 heavy (non-hydrogen) atoms. The van der Waals surface area contributed by atoms with Crippen LogP contribution in [0.5, 0.6) is 0 Å². The molecule has 128 valence electrons. The number of hydrogen-bond donors (Lipinski definition) is 1. The van der Waals surface area contributed by atoms with E-state index in [1.54, 1.807) is 11.4 Å². The molecule has 0 aliphatic carbocycles. The Morgan fingerprint density at radius 1 is 1.04 bits per heavy atom. The van der Waals surface area contributed by atoms with Gasteiger partial charge in [-0.25, -0.2) is 8.42 Å². The van der Waals surface area contributed by atoms with Gasteiger partial charge in [-0.1, -0.05) is 6.07 Å². The highest BCUT2D eigenvalue weighted by Gasteiger charge is 2.32. The number of nitrogens with zero attached hydrogens (tertiary/aromatic N) is 2. The van der Waals surface area contributed by atoms with E-state index >= 15 is 0 Å². The Kier molecular flexibility index (Phi) is 5.33. The van der Waals surface area contributed by atoms with Crippen molar-refractivity contribution in [1.82, 2.24) is 14.5 Å². The summed E-state index contributed by atoms with van der Waals surface area (Å²) in [6.07, 6.45) is 0. The quantitative estimate of drug-likeness (QED) is 0.819. The number of piperazine rings is 1. The molecule has 5 nitrogen and oxygen atoms in total. The van der Waals surface area contributed by atoms with Gasteiger partial charge in [0, 0.05) is 33.2 Å². The Bertz CT molecular complexity index is 695. The van der Waals surface area contributed by atoms with Crippen molar-refractivity contribution in [3.05, 3.63) is 28.3 Å². The monoisotopic (exact) mass is 355 g/mol. The maximum atomic E-state index is 13.1. The van der Waals surface area contributed by atoms with Crippen molar-refractivity contribution >= 4 is 27.4 Å². The fourth-order valence-electron chi connectivity index (χ4n) is 2.99. The van der Waals surface area contributed by atoms with Crippen LogP contribution in [0.25, 0.3) is 0 Å². The van der Waals surface area contributed by atoms with E-state index in [0.29, 0.717) is 36.2 Å². The summed E-state index contributed by atoms with van der Waals surface area (Å²) < 4.78 is 27.9. The van der Waals surface area contributed by atoms with Gasteiger partial charge in [0.1, 0.15) is 0 Å². The van der Waals surface area contributed by atoms with Crippen molar-refractivity contribution in [2.75, 3.05) is 33.2 Å². The summed E-state index contributed by atoms with van der Waals surface area (Å²) in [5.41, 5.74) is 3.73. The van der Waals surface area contributed by atoms with Crippen molar-refractivity contribution in [1.29, 1.82) is 0 Å². The van der Waals surface area contributed by atoms with E-state index in [1.807, 2.05) is 38.7 Å². The second kappa shape index (κ2) is 6.75. The average molecular weight is 356 g/mol. The smallest absolute Gasteiger partial charge is 0.243 e. The van der Waals surface area contributed by atoms with Crippen molar-refractivity contribution in [2.24, 2.45) is 0 Å². The van der Waals surface area contributed by atoms with Crippen LogP contribution < -0.4 is 5.32 Å². The molecule has 1 heterocycles. The van der Waals surface area contributed by atoms with E-state index in [-0.39, 0.29) is 0 Å². The van der Waals surface area contributed by atoms with Gasteiger partial charge in [0.2, 0.25) is 10.0 Å². The lowest BCUT2D eigenvalue weighted by Gasteiger charge is -2.35. The molecule has 0 aromatic heterocycles. The van der Waals surface area contributed by atoms with E-state index in [1.165, 1.54) is 0 Å². The molecule has 1 saturated heterocycles. The van der Waals surface area contributed by atoms with Gasteiger partial charge in [0.05, 0.1) is 4.90 Å². The first-order valence-electron chi connectivity index (χ1n) is 7.74. The maximum absolute atomic E-state index is 13.1. The fraction of sp³-hybridized carbons (Fsp3) is 0.562. The van der Waals surface area contributed by atoms with Gasteiger partial charge in [-0.15, -0.1) is 0 Å². The van der Waals surface area contributed by atoms with Crippen LogP contribution >= 0.6 is 12.2 Å². The van der Waals surface area contributed by atoms with Crippen molar-refractivity contribution < 1.29 is 8.42 Å². The van der Waals surface area contributed by atoms with Gasteiger partial charge >= 0.3 is 0 Å². The third-order valence-electron chi connectivity index (χ3n) is 4.63. The molecular weight excluding hydrogens is 330 g/mol. The number of sulfonamides is 1.